The number of aryl methyl sites for hydroxylation is 1. The van der Waals surface area contributed by atoms with Crippen LogP contribution in [0.4, 0.5) is 4.39 Å². The summed E-state index contributed by atoms with van der Waals surface area (Å²) in [5, 5.41) is 9.06. The Labute approximate surface area is 111 Å². The molecule has 0 spiro atoms. The molecule has 0 saturated heterocycles. The first kappa shape index (κ1) is 13.2. The van der Waals surface area contributed by atoms with Crippen LogP contribution in [0.2, 0.25) is 0 Å². The molecule has 0 aliphatic heterocycles. The zero-order valence-corrected chi connectivity index (χ0v) is 11.2. The number of halogens is 1. The topological polar surface area (TPSA) is 55.7 Å². The van der Waals surface area contributed by atoms with E-state index in [9.17, 15) is 4.39 Å². The van der Waals surface area contributed by atoms with Crippen LogP contribution in [0.5, 0.6) is 0 Å². The Kier molecular flexibility index (Phi) is 3.63. The molecular weight excluding hydrogens is 243 g/mol. The minimum Gasteiger partial charge on any atom is -0.341 e. The molecule has 0 amide bonds. The van der Waals surface area contributed by atoms with E-state index in [1.807, 2.05) is 32.0 Å². The molecule has 5 heteroatoms. The third-order valence-electron chi connectivity index (χ3n) is 2.82. The summed E-state index contributed by atoms with van der Waals surface area (Å²) in [6.07, 6.45) is 0. The number of benzene rings is 1. The lowest BCUT2D eigenvalue weighted by Crippen LogP contribution is -2.11. The van der Waals surface area contributed by atoms with Gasteiger partial charge in [0.1, 0.15) is 11.6 Å². The molecule has 2 aromatic rings. The molecule has 0 saturated carbocycles. The van der Waals surface area contributed by atoms with Crippen LogP contribution in [0.15, 0.2) is 18.2 Å². The highest BCUT2D eigenvalue weighted by atomic mass is 19.1. The van der Waals surface area contributed by atoms with Gasteiger partial charge in [-0.2, -0.15) is 5.26 Å². The van der Waals surface area contributed by atoms with Gasteiger partial charge in [0.25, 0.3) is 0 Å². The molecule has 1 heterocycles. The molecular formula is C14H15FN4. The van der Waals surface area contributed by atoms with Crippen LogP contribution in [0.1, 0.15) is 17.0 Å². The third kappa shape index (κ3) is 2.80. The number of hydrogen-bond acceptors (Lipinski definition) is 3. The average Bonchev–Trinajstić information content (AvgIpc) is 2.69. The zero-order chi connectivity index (χ0) is 14.0. The number of nitrogens with zero attached hydrogens (tertiary/aromatic N) is 3. The Hall–Kier alpha value is -2.19. The van der Waals surface area contributed by atoms with Gasteiger partial charge in [-0.3, -0.25) is 0 Å². The van der Waals surface area contributed by atoms with Crippen LogP contribution in [0.3, 0.4) is 0 Å². The first-order chi connectivity index (χ1) is 9.01. The summed E-state index contributed by atoms with van der Waals surface area (Å²) in [4.78, 5) is 9.64. The van der Waals surface area contributed by atoms with Crippen molar-refractivity contribution in [1.82, 2.24) is 14.9 Å². The summed E-state index contributed by atoms with van der Waals surface area (Å²) in [5.74, 6) is 0.183. The smallest absolute Gasteiger partial charge is 0.139 e. The molecule has 0 aliphatic carbocycles. The molecule has 0 radical (unpaired) electrons. The molecule has 1 N–H and O–H groups in total. The predicted octanol–water partition coefficient (Wildman–Crippen LogP) is 2.46. The summed E-state index contributed by atoms with van der Waals surface area (Å²) < 4.78 is 13.1. The molecule has 0 bridgehead atoms. The number of hydrogen-bond donors (Lipinski definition) is 1. The molecule has 4 nitrogen and oxygen atoms in total. The lowest BCUT2D eigenvalue weighted by molar-refractivity contribution is 0.396. The summed E-state index contributed by atoms with van der Waals surface area (Å²) >= 11 is 0. The zero-order valence-electron chi connectivity index (χ0n) is 11.2. The van der Waals surface area contributed by atoms with E-state index in [0.29, 0.717) is 11.4 Å². The van der Waals surface area contributed by atoms with E-state index >= 15 is 0 Å². The number of H-pyrrole nitrogens is 1. The average molecular weight is 258 g/mol. The van der Waals surface area contributed by atoms with Crippen LogP contribution in [0.25, 0.3) is 11.4 Å². The molecule has 1 aromatic heterocycles. The lowest BCUT2D eigenvalue weighted by atomic mass is 10.1. The number of aromatic nitrogens is 2. The van der Waals surface area contributed by atoms with Gasteiger partial charge in [-0.1, -0.05) is 0 Å². The summed E-state index contributed by atoms with van der Waals surface area (Å²) in [7, 11) is 3.94. The number of aromatic amines is 1. The van der Waals surface area contributed by atoms with Gasteiger partial charge < -0.3 is 9.88 Å². The normalized spacial score (nSPS) is 10.7. The molecule has 0 aliphatic rings. The Balaban J connectivity index is 2.46. The second-order valence-electron chi connectivity index (χ2n) is 4.69. The van der Waals surface area contributed by atoms with Crippen LogP contribution >= 0.6 is 0 Å². The molecule has 98 valence electrons. The van der Waals surface area contributed by atoms with Crippen molar-refractivity contribution < 1.29 is 4.39 Å². The highest BCUT2D eigenvalue weighted by Crippen LogP contribution is 2.23. The van der Waals surface area contributed by atoms with Crippen molar-refractivity contribution in [2.75, 3.05) is 14.1 Å². The predicted molar refractivity (Wildman–Crippen MR) is 70.8 cm³/mol. The van der Waals surface area contributed by atoms with Crippen molar-refractivity contribution >= 4 is 0 Å². The van der Waals surface area contributed by atoms with Crippen LogP contribution in [-0.4, -0.2) is 29.0 Å². The van der Waals surface area contributed by atoms with Gasteiger partial charge in [-0.05, 0) is 39.2 Å². The highest BCUT2D eigenvalue weighted by Gasteiger charge is 2.12. The van der Waals surface area contributed by atoms with E-state index in [-0.39, 0.29) is 5.56 Å². The second kappa shape index (κ2) is 5.21. The van der Waals surface area contributed by atoms with Crippen molar-refractivity contribution in [3.63, 3.8) is 0 Å². The van der Waals surface area contributed by atoms with E-state index in [4.69, 9.17) is 5.26 Å². The highest BCUT2D eigenvalue weighted by molar-refractivity contribution is 5.65. The SMILES string of the molecule is Cc1nc(-c2ccc(F)cc2C#N)[nH]c1CN(C)C. The van der Waals surface area contributed by atoms with E-state index in [1.165, 1.54) is 12.1 Å². The Bertz CT molecular complexity index is 637. The molecule has 2 rings (SSSR count). The maximum absolute atomic E-state index is 13.1. The van der Waals surface area contributed by atoms with E-state index in [0.717, 1.165) is 17.9 Å². The fraction of sp³-hybridized carbons (Fsp3) is 0.286. The quantitative estimate of drug-likeness (QED) is 0.920. The Morgan fingerprint density at radius 2 is 2.16 bits per heavy atom. The second-order valence-corrected chi connectivity index (χ2v) is 4.69. The fourth-order valence-corrected chi connectivity index (χ4v) is 1.91. The maximum Gasteiger partial charge on any atom is 0.139 e. The van der Waals surface area contributed by atoms with Crippen molar-refractivity contribution in [2.45, 2.75) is 13.5 Å². The fourth-order valence-electron chi connectivity index (χ4n) is 1.91. The van der Waals surface area contributed by atoms with Gasteiger partial charge in [0.05, 0.1) is 23.0 Å². The van der Waals surface area contributed by atoms with Crippen molar-refractivity contribution in [2.24, 2.45) is 0 Å². The van der Waals surface area contributed by atoms with E-state index in [1.54, 1.807) is 6.07 Å². The Morgan fingerprint density at radius 3 is 2.79 bits per heavy atom. The van der Waals surface area contributed by atoms with Crippen LogP contribution in [-0.2, 0) is 6.54 Å². The largest absolute Gasteiger partial charge is 0.341 e. The van der Waals surface area contributed by atoms with Crippen molar-refractivity contribution in [3.8, 4) is 17.5 Å². The first-order valence-electron chi connectivity index (χ1n) is 5.91. The lowest BCUT2D eigenvalue weighted by Gasteiger charge is -2.07. The maximum atomic E-state index is 13.1. The summed E-state index contributed by atoms with van der Waals surface area (Å²) in [6, 6.07) is 6.12. The van der Waals surface area contributed by atoms with Gasteiger partial charge in [0.2, 0.25) is 0 Å². The van der Waals surface area contributed by atoms with Gasteiger partial charge in [-0.15, -0.1) is 0 Å². The number of rotatable bonds is 3. The van der Waals surface area contributed by atoms with Crippen molar-refractivity contribution in [1.29, 1.82) is 5.26 Å². The monoisotopic (exact) mass is 258 g/mol. The summed E-state index contributed by atoms with van der Waals surface area (Å²) in [5.41, 5.74) is 2.78. The minimum absolute atomic E-state index is 0.283. The Morgan fingerprint density at radius 1 is 1.42 bits per heavy atom. The van der Waals surface area contributed by atoms with Gasteiger partial charge in [-0.25, -0.2) is 9.37 Å². The minimum atomic E-state index is -0.419. The van der Waals surface area contributed by atoms with Crippen LogP contribution < -0.4 is 0 Å². The number of nitriles is 1. The van der Waals surface area contributed by atoms with Gasteiger partial charge in [0, 0.05) is 12.1 Å². The van der Waals surface area contributed by atoms with E-state index in [2.05, 4.69) is 9.97 Å². The van der Waals surface area contributed by atoms with Gasteiger partial charge >= 0.3 is 0 Å². The van der Waals surface area contributed by atoms with Crippen molar-refractivity contribution in [3.05, 3.63) is 41.0 Å². The first-order valence-corrected chi connectivity index (χ1v) is 5.91. The third-order valence-corrected chi connectivity index (χ3v) is 2.82. The molecule has 0 fully saturated rings. The molecule has 19 heavy (non-hydrogen) atoms. The number of nitrogens with one attached hydrogen (secondary N) is 1. The van der Waals surface area contributed by atoms with Crippen LogP contribution in [0, 0.1) is 24.1 Å². The van der Waals surface area contributed by atoms with E-state index < -0.39 is 5.82 Å². The summed E-state index contributed by atoms with van der Waals surface area (Å²) in [6.45, 7) is 2.65. The molecule has 0 unspecified atom stereocenters. The standard InChI is InChI=1S/C14H15FN4/c1-9-13(8-19(2)3)18-14(17-9)12-5-4-11(15)6-10(12)7-16/h4-6H,8H2,1-3H3,(H,17,18). The molecule has 1 aromatic carbocycles. The molecule has 0 atom stereocenters. The van der Waals surface area contributed by atoms with Gasteiger partial charge in [0.15, 0.2) is 0 Å². The number of imidazole rings is 1.